The average molecular weight is 372 g/mol. The van der Waals surface area contributed by atoms with Gasteiger partial charge < -0.3 is 23.8 Å². The summed E-state index contributed by atoms with van der Waals surface area (Å²) in [5, 5.41) is 8.45. The molecule has 25 heavy (non-hydrogen) atoms. The second-order valence-corrected chi connectivity index (χ2v) is 8.07. The fourth-order valence-electron chi connectivity index (χ4n) is 2.06. The van der Waals surface area contributed by atoms with Crippen molar-refractivity contribution in [2.75, 3.05) is 39.8 Å². The van der Waals surface area contributed by atoms with Crippen LogP contribution in [0.4, 0.5) is 11.4 Å². The monoisotopic (exact) mass is 372 g/mol. The van der Waals surface area contributed by atoms with Crippen LogP contribution in [0.3, 0.4) is 0 Å². The standard InChI is InChI=1S/C16H25N2O6P/c1-7-24-15(19)14(16(2,20)25(21,22-5)23-6)17-12-8-10-13(11-9-12)18(3)4/h8-11,20H,7H2,1-6H3. The average Bonchev–Trinajstić information content (AvgIpc) is 2.59. The molecular formula is C16H25N2O6P. The molecule has 8 nitrogen and oxygen atoms in total. The number of hydrogen-bond donors (Lipinski definition) is 1. The molecule has 1 aromatic carbocycles. The van der Waals surface area contributed by atoms with Crippen LogP contribution in [0.15, 0.2) is 29.3 Å². The van der Waals surface area contributed by atoms with Crippen LogP contribution in [-0.4, -0.2) is 57.1 Å². The van der Waals surface area contributed by atoms with Crippen LogP contribution in [0.2, 0.25) is 0 Å². The lowest BCUT2D eigenvalue weighted by atomic mass is 10.2. The molecule has 1 aromatic rings. The SMILES string of the molecule is CCOC(=O)C(=Nc1ccc(N(C)C)cc1)C(C)(O)P(=O)(OC)OC. The van der Waals surface area contributed by atoms with Gasteiger partial charge >= 0.3 is 13.6 Å². The van der Waals surface area contributed by atoms with Gasteiger partial charge in [-0.2, -0.15) is 0 Å². The van der Waals surface area contributed by atoms with Crippen LogP contribution in [0.25, 0.3) is 0 Å². The van der Waals surface area contributed by atoms with Gasteiger partial charge in [0.05, 0.1) is 12.3 Å². The van der Waals surface area contributed by atoms with E-state index in [2.05, 4.69) is 4.99 Å². The summed E-state index contributed by atoms with van der Waals surface area (Å²) >= 11 is 0. The fourth-order valence-corrected chi connectivity index (χ4v) is 3.32. The topological polar surface area (TPSA) is 97.7 Å². The van der Waals surface area contributed by atoms with Crippen molar-refractivity contribution >= 4 is 30.7 Å². The first-order valence-corrected chi connectivity index (χ1v) is 9.14. The summed E-state index contributed by atoms with van der Waals surface area (Å²) in [5.74, 6) is -0.904. The highest BCUT2D eigenvalue weighted by Crippen LogP contribution is 2.58. The maximum atomic E-state index is 12.7. The molecule has 0 aromatic heterocycles. The molecule has 0 amide bonds. The van der Waals surface area contributed by atoms with Gasteiger partial charge in [-0.05, 0) is 38.1 Å². The van der Waals surface area contributed by atoms with E-state index in [1.54, 1.807) is 31.2 Å². The molecule has 0 heterocycles. The van der Waals surface area contributed by atoms with Crippen molar-refractivity contribution in [1.29, 1.82) is 0 Å². The minimum absolute atomic E-state index is 0.0672. The smallest absolute Gasteiger partial charge is 0.367 e. The van der Waals surface area contributed by atoms with Gasteiger partial charge in [-0.15, -0.1) is 0 Å². The van der Waals surface area contributed by atoms with Crippen molar-refractivity contribution in [3.05, 3.63) is 24.3 Å². The summed E-state index contributed by atoms with van der Waals surface area (Å²) in [5.41, 5.74) is 0.856. The van der Waals surface area contributed by atoms with Crippen molar-refractivity contribution in [3.63, 3.8) is 0 Å². The molecule has 1 rings (SSSR count). The summed E-state index contributed by atoms with van der Waals surface area (Å²) in [6.45, 7) is 2.82. The predicted molar refractivity (Wildman–Crippen MR) is 96.7 cm³/mol. The van der Waals surface area contributed by atoms with E-state index in [9.17, 15) is 14.5 Å². The predicted octanol–water partition coefficient (Wildman–Crippen LogP) is 2.58. The molecule has 9 heteroatoms. The number of carbonyl (C=O) groups excluding carboxylic acids is 1. The van der Waals surface area contributed by atoms with E-state index in [0.717, 1.165) is 26.8 Å². The summed E-state index contributed by atoms with van der Waals surface area (Å²) in [6, 6.07) is 6.91. The highest BCUT2D eigenvalue weighted by Gasteiger charge is 2.52. The Morgan fingerprint density at radius 3 is 2.16 bits per heavy atom. The third kappa shape index (κ3) is 4.67. The van der Waals surface area contributed by atoms with Gasteiger partial charge in [0, 0.05) is 34.0 Å². The van der Waals surface area contributed by atoms with E-state index in [1.165, 1.54) is 0 Å². The number of ether oxygens (including phenoxy) is 1. The summed E-state index contributed by atoms with van der Waals surface area (Å²) < 4.78 is 27.3. The number of benzene rings is 1. The van der Waals surface area contributed by atoms with Crippen molar-refractivity contribution in [3.8, 4) is 0 Å². The zero-order valence-corrected chi connectivity index (χ0v) is 16.2. The number of hydrogen-bond acceptors (Lipinski definition) is 8. The molecule has 0 saturated heterocycles. The lowest BCUT2D eigenvalue weighted by molar-refractivity contribution is -0.135. The maximum Gasteiger partial charge on any atom is 0.367 e. The third-order valence-corrected chi connectivity index (χ3v) is 5.78. The molecule has 0 fully saturated rings. The molecule has 140 valence electrons. The molecule has 1 N–H and O–H groups in total. The van der Waals surface area contributed by atoms with Crippen molar-refractivity contribution < 1.29 is 28.3 Å². The lowest BCUT2D eigenvalue weighted by Gasteiger charge is -2.29. The van der Waals surface area contributed by atoms with Crippen LogP contribution < -0.4 is 4.90 Å². The number of nitrogens with zero attached hydrogens (tertiary/aromatic N) is 2. The molecule has 0 bridgehead atoms. The molecule has 1 atom stereocenters. The van der Waals surface area contributed by atoms with E-state index < -0.39 is 24.6 Å². The molecule has 0 aliphatic heterocycles. The van der Waals surface area contributed by atoms with Crippen molar-refractivity contribution in [2.45, 2.75) is 19.2 Å². The summed E-state index contributed by atoms with van der Waals surface area (Å²) in [6.07, 6.45) is 0. The van der Waals surface area contributed by atoms with E-state index >= 15 is 0 Å². The number of rotatable bonds is 8. The molecule has 0 aliphatic rings. The van der Waals surface area contributed by atoms with Crippen LogP contribution in [0.5, 0.6) is 0 Å². The molecule has 0 radical (unpaired) electrons. The summed E-state index contributed by atoms with van der Waals surface area (Å²) in [4.78, 5) is 18.3. The molecule has 0 saturated carbocycles. The van der Waals surface area contributed by atoms with Gasteiger partial charge in [0.15, 0.2) is 5.71 Å². The van der Waals surface area contributed by atoms with E-state index in [1.807, 2.05) is 19.0 Å². The highest BCUT2D eigenvalue weighted by atomic mass is 31.2. The zero-order valence-electron chi connectivity index (χ0n) is 15.3. The Hall–Kier alpha value is -1.73. The second kappa shape index (κ2) is 8.58. The Labute approximate surface area is 147 Å². The number of esters is 1. The van der Waals surface area contributed by atoms with Gasteiger partial charge in [0.2, 0.25) is 5.34 Å². The maximum absolute atomic E-state index is 12.7. The van der Waals surface area contributed by atoms with E-state index in [0.29, 0.717) is 5.69 Å². The fraction of sp³-hybridized carbons (Fsp3) is 0.500. The minimum Gasteiger partial charge on any atom is -0.461 e. The minimum atomic E-state index is -4.06. The highest BCUT2D eigenvalue weighted by molar-refractivity contribution is 7.56. The Morgan fingerprint density at radius 1 is 1.24 bits per heavy atom. The first-order valence-electron chi connectivity index (χ1n) is 7.60. The summed E-state index contributed by atoms with van der Waals surface area (Å²) in [7, 11) is 1.95. The Balaban J connectivity index is 3.43. The molecule has 1 unspecified atom stereocenters. The van der Waals surface area contributed by atoms with Gasteiger partial charge in [0.25, 0.3) is 0 Å². The number of aliphatic hydroxyl groups is 1. The quantitative estimate of drug-likeness (QED) is 0.425. The van der Waals surface area contributed by atoms with Crippen LogP contribution in [0, 0.1) is 0 Å². The molecular weight excluding hydrogens is 347 g/mol. The molecule has 0 spiro atoms. The Morgan fingerprint density at radius 2 is 1.76 bits per heavy atom. The van der Waals surface area contributed by atoms with Crippen LogP contribution in [-0.2, 0) is 23.1 Å². The van der Waals surface area contributed by atoms with Crippen molar-refractivity contribution in [1.82, 2.24) is 0 Å². The van der Waals surface area contributed by atoms with E-state index in [4.69, 9.17) is 13.8 Å². The zero-order chi connectivity index (χ0) is 19.3. The van der Waals surface area contributed by atoms with Gasteiger partial charge in [-0.1, -0.05) is 0 Å². The lowest BCUT2D eigenvalue weighted by Crippen LogP contribution is -2.42. The molecule has 0 aliphatic carbocycles. The second-order valence-electron chi connectivity index (χ2n) is 5.48. The van der Waals surface area contributed by atoms with Gasteiger partial charge in [-0.25, -0.2) is 9.79 Å². The van der Waals surface area contributed by atoms with Gasteiger partial charge in [0.1, 0.15) is 0 Å². The number of anilines is 1. The van der Waals surface area contributed by atoms with Crippen LogP contribution in [0.1, 0.15) is 13.8 Å². The van der Waals surface area contributed by atoms with Gasteiger partial charge in [-0.3, -0.25) is 4.57 Å². The Kier molecular flexibility index (Phi) is 7.31. The third-order valence-electron chi connectivity index (χ3n) is 3.54. The first-order chi connectivity index (χ1) is 11.6. The largest absolute Gasteiger partial charge is 0.461 e. The Bertz CT molecular complexity index is 662. The first kappa shape index (κ1) is 21.3. The number of aliphatic imine (C=N–C) groups is 1. The number of carbonyl (C=O) groups is 1. The normalized spacial score (nSPS) is 14.8. The van der Waals surface area contributed by atoms with Crippen LogP contribution >= 0.6 is 7.60 Å². The van der Waals surface area contributed by atoms with E-state index in [-0.39, 0.29) is 6.61 Å². The van der Waals surface area contributed by atoms with Crippen molar-refractivity contribution in [2.24, 2.45) is 4.99 Å².